The molecule has 0 aliphatic heterocycles. The molecule has 0 saturated carbocycles. The van der Waals surface area contributed by atoms with Crippen LogP contribution in [0.1, 0.15) is 12.5 Å². The zero-order valence-electron chi connectivity index (χ0n) is 13.2. The molecule has 0 saturated heterocycles. The van der Waals surface area contributed by atoms with Crippen LogP contribution in [0, 0.1) is 6.92 Å². The fourth-order valence-corrected chi connectivity index (χ4v) is 3.45. The van der Waals surface area contributed by atoms with Gasteiger partial charge in [0.2, 0.25) is 0 Å². The van der Waals surface area contributed by atoms with E-state index in [1.807, 2.05) is 11.6 Å². The Morgan fingerprint density at radius 3 is 2.20 bits per heavy atom. The molecule has 0 spiro atoms. The molecule has 2 aromatic rings. The lowest BCUT2D eigenvalue weighted by Gasteiger charge is -2.16. The van der Waals surface area contributed by atoms with Crippen LogP contribution in [0.25, 0.3) is 0 Å². The number of halogens is 3. The molecule has 0 aliphatic carbocycles. The highest BCUT2D eigenvalue weighted by Crippen LogP contribution is 2.34. The number of hydrogen-bond donors (Lipinski definition) is 1. The maximum atomic E-state index is 12.2. The molecule has 0 aliphatic rings. The van der Waals surface area contributed by atoms with Crippen molar-refractivity contribution in [2.45, 2.75) is 24.8 Å². The number of ether oxygens (including phenoxy) is 1. The molecule has 0 aromatic heterocycles. The monoisotopic (exact) mass is 421 g/mol. The molecule has 0 heterocycles. The summed E-state index contributed by atoms with van der Waals surface area (Å²) in [5.41, 5.74) is 0.899. The van der Waals surface area contributed by atoms with Crippen LogP contribution in [-0.2, 0) is 14.8 Å². The van der Waals surface area contributed by atoms with Gasteiger partial charge in [-0.05, 0) is 32.0 Å². The molecular formula is C16H14Cl3NO4S. The zero-order valence-corrected chi connectivity index (χ0v) is 16.3. The van der Waals surface area contributed by atoms with Gasteiger partial charge in [0.05, 0.1) is 20.0 Å². The standard InChI is InChI=1S/C16H14Cl3NO4S/c1-9-3-5-11(6-4-9)25(22,23)20-16(21)10(2)24-15-8-13(18)12(17)7-14(15)19/h3-8,10H,1-2H3,(H,20,21). The van der Waals surface area contributed by atoms with Crippen molar-refractivity contribution in [2.75, 3.05) is 0 Å². The van der Waals surface area contributed by atoms with Gasteiger partial charge in [-0.1, -0.05) is 52.5 Å². The predicted octanol–water partition coefficient (Wildman–Crippen LogP) is 4.23. The third-order valence-electron chi connectivity index (χ3n) is 3.21. The van der Waals surface area contributed by atoms with E-state index in [1.165, 1.54) is 31.2 Å². The minimum absolute atomic E-state index is 0.0220. The summed E-state index contributed by atoms with van der Waals surface area (Å²) >= 11 is 17.7. The average molecular weight is 423 g/mol. The molecule has 1 atom stereocenters. The first-order valence-corrected chi connectivity index (χ1v) is 9.66. The number of carbonyl (C=O) groups is 1. The Morgan fingerprint density at radius 1 is 1.04 bits per heavy atom. The summed E-state index contributed by atoms with van der Waals surface area (Å²) in [7, 11) is -4.00. The fourth-order valence-electron chi connectivity index (χ4n) is 1.83. The number of nitrogens with one attached hydrogen (secondary N) is 1. The van der Waals surface area contributed by atoms with Crippen LogP contribution >= 0.6 is 34.8 Å². The van der Waals surface area contributed by atoms with Crippen molar-refractivity contribution in [3.8, 4) is 5.75 Å². The van der Waals surface area contributed by atoms with Crippen molar-refractivity contribution in [3.63, 3.8) is 0 Å². The number of aryl methyl sites for hydroxylation is 1. The predicted molar refractivity (Wildman–Crippen MR) is 98.1 cm³/mol. The minimum Gasteiger partial charge on any atom is -0.479 e. The second-order valence-corrected chi connectivity index (χ2v) is 8.14. The van der Waals surface area contributed by atoms with Crippen molar-refractivity contribution in [1.29, 1.82) is 0 Å². The number of benzene rings is 2. The van der Waals surface area contributed by atoms with Gasteiger partial charge in [0.15, 0.2) is 6.10 Å². The lowest BCUT2D eigenvalue weighted by Crippen LogP contribution is -2.40. The SMILES string of the molecule is Cc1ccc(S(=O)(=O)NC(=O)C(C)Oc2cc(Cl)c(Cl)cc2Cl)cc1. The number of amides is 1. The highest BCUT2D eigenvalue weighted by molar-refractivity contribution is 7.90. The first kappa shape index (κ1) is 19.8. The van der Waals surface area contributed by atoms with Crippen LogP contribution in [0.15, 0.2) is 41.3 Å². The third kappa shape index (κ3) is 5.01. The Balaban J connectivity index is 2.12. The lowest BCUT2D eigenvalue weighted by molar-refractivity contribution is -0.125. The van der Waals surface area contributed by atoms with E-state index in [4.69, 9.17) is 39.5 Å². The van der Waals surface area contributed by atoms with Crippen molar-refractivity contribution >= 4 is 50.7 Å². The quantitative estimate of drug-likeness (QED) is 0.732. The second kappa shape index (κ2) is 7.83. The molecule has 1 amide bonds. The van der Waals surface area contributed by atoms with E-state index in [1.54, 1.807) is 12.1 Å². The molecule has 25 heavy (non-hydrogen) atoms. The van der Waals surface area contributed by atoms with Gasteiger partial charge in [-0.2, -0.15) is 0 Å². The largest absolute Gasteiger partial charge is 0.479 e. The first-order valence-electron chi connectivity index (χ1n) is 7.04. The van der Waals surface area contributed by atoms with Crippen LogP contribution in [0.3, 0.4) is 0 Å². The van der Waals surface area contributed by atoms with Crippen LogP contribution in [0.2, 0.25) is 15.1 Å². The number of carbonyl (C=O) groups excluding carboxylic acids is 1. The maximum absolute atomic E-state index is 12.2. The Kier molecular flexibility index (Phi) is 6.21. The van der Waals surface area contributed by atoms with E-state index in [0.29, 0.717) is 0 Å². The second-order valence-electron chi connectivity index (χ2n) is 5.24. The first-order chi connectivity index (χ1) is 11.6. The summed E-state index contributed by atoms with van der Waals surface area (Å²) in [5.74, 6) is -0.728. The van der Waals surface area contributed by atoms with E-state index < -0.39 is 22.0 Å². The van der Waals surface area contributed by atoms with Gasteiger partial charge in [-0.3, -0.25) is 4.79 Å². The van der Waals surface area contributed by atoms with E-state index >= 15 is 0 Å². The van der Waals surface area contributed by atoms with Gasteiger partial charge in [-0.25, -0.2) is 13.1 Å². The highest BCUT2D eigenvalue weighted by atomic mass is 35.5. The molecule has 2 aromatic carbocycles. The molecule has 5 nitrogen and oxygen atoms in total. The summed E-state index contributed by atoms with van der Waals surface area (Å²) in [6.45, 7) is 3.21. The lowest BCUT2D eigenvalue weighted by atomic mass is 10.2. The van der Waals surface area contributed by atoms with Gasteiger partial charge in [0.25, 0.3) is 15.9 Å². The molecule has 0 radical (unpaired) electrons. The summed E-state index contributed by atoms with van der Waals surface area (Å²) in [6.07, 6.45) is -1.13. The Morgan fingerprint density at radius 2 is 1.60 bits per heavy atom. The number of sulfonamides is 1. The van der Waals surface area contributed by atoms with Gasteiger partial charge in [0.1, 0.15) is 5.75 Å². The molecule has 1 N–H and O–H groups in total. The van der Waals surface area contributed by atoms with Crippen LogP contribution in [0.5, 0.6) is 5.75 Å². The van der Waals surface area contributed by atoms with Crippen molar-refractivity contribution in [1.82, 2.24) is 4.72 Å². The third-order valence-corrected chi connectivity index (χ3v) is 5.59. The van der Waals surface area contributed by atoms with Crippen molar-refractivity contribution in [3.05, 3.63) is 57.0 Å². The summed E-state index contributed by atoms with van der Waals surface area (Å²) in [5, 5.41) is 0.578. The van der Waals surface area contributed by atoms with Gasteiger partial charge in [0, 0.05) is 6.07 Å². The Hall–Kier alpha value is -1.47. The van der Waals surface area contributed by atoms with E-state index in [9.17, 15) is 13.2 Å². The van der Waals surface area contributed by atoms with E-state index in [0.717, 1.165) is 5.56 Å². The van der Waals surface area contributed by atoms with Crippen molar-refractivity contribution < 1.29 is 17.9 Å². The summed E-state index contributed by atoms with van der Waals surface area (Å²) in [4.78, 5) is 12.1. The summed E-state index contributed by atoms with van der Waals surface area (Å²) in [6, 6.07) is 8.81. The van der Waals surface area contributed by atoms with Crippen molar-refractivity contribution in [2.24, 2.45) is 0 Å². The smallest absolute Gasteiger partial charge is 0.274 e. The molecule has 0 fully saturated rings. The Labute approximate surface area is 160 Å². The average Bonchev–Trinajstić information content (AvgIpc) is 2.52. The van der Waals surface area contributed by atoms with Crippen LogP contribution in [0.4, 0.5) is 0 Å². The molecule has 2 rings (SSSR count). The zero-order chi connectivity index (χ0) is 18.8. The van der Waals surface area contributed by atoms with Crippen LogP contribution < -0.4 is 9.46 Å². The molecular weight excluding hydrogens is 409 g/mol. The molecule has 1 unspecified atom stereocenters. The topological polar surface area (TPSA) is 72.5 Å². The molecule has 134 valence electrons. The van der Waals surface area contributed by atoms with E-state index in [2.05, 4.69) is 0 Å². The maximum Gasteiger partial charge on any atom is 0.274 e. The summed E-state index contributed by atoms with van der Waals surface area (Å²) < 4.78 is 31.8. The fraction of sp³-hybridized carbons (Fsp3) is 0.188. The normalized spacial score (nSPS) is 12.5. The molecule has 9 heteroatoms. The molecule has 0 bridgehead atoms. The van der Waals surface area contributed by atoms with Gasteiger partial charge in [-0.15, -0.1) is 0 Å². The van der Waals surface area contributed by atoms with Gasteiger partial charge < -0.3 is 4.74 Å². The number of rotatable bonds is 5. The van der Waals surface area contributed by atoms with Gasteiger partial charge >= 0.3 is 0 Å². The Bertz CT molecular complexity index is 898. The minimum atomic E-state index is -4.00. The highest BCUT2D eigenvalue weighted by Gasteiger charge is 2.23. The van der Waals surface area contributed by atoms with Crippen LogP contribution in [-0.4, -0.2) is 20.4 Å². The van der Waals surface area contributed by atoms with E-state index in [-0.39, 0.29) is 25.7 Å². The number of hydrogen-bond acceptors (Lipinski definition) is 4.